The highest BCUT2D eigenvalue weighted by Gasteiger charge is 2.00. The molecule has 2 atom stereocenters. The van der Waals surface area contributed by atoms with Crippen molar-refractivity contribution in [1.82, 2.24) is 0 Å². The Hall–Kier alpha value is -1.38. The van der Waals surface area contributed by atoms with E-state index in [-0.39, 0.29) is 6.10 Å². The van der Waals surface area contributed by atoms with E-state index in [0.717, 1.165) is 24.8 Å². The number of rotatable bonds is 7. The van der Waals surface area contributed by atoms with Crippen LogP contribution in [0.1, 0.15) is 37.9 Å². The van der Waals surface area contributed by atoms with Crippen LogP contribution in [0.2, 0.25) is 0 Å². The highest BCUT2D eigenvalue weighted by molar-refractivity contribution is 5.22. The summed E-state index contributed by atoms with van der Waals surface area (Å²) in [5.74, 6) is 0. The van der Waals surface area contributed by atoms with Gasteiger partial charge in [0.15, 0.2) is 0 Å². The maximum Gasteiger partial charge on any atom is 0.0974 e. The average molecular weight is 246 g/mol. The van der Waals surface area contributed by atoms with Crippen molar-refractivity contribution in [1.29, 1.82) is 0 Å². The third-order valence-electron chi connectivity index (χ3n) is 2.73. The zero-order chi connectivity index (χ0) is 13.2. The zero-order valence-corrected chi connectivity index (χ0v) is 10.9. The maximum absolute atomic E-state index is 9.84. The van der Waals surface area contributed by atoms with Gasteiger partial charge in [-0.3, -0.25) is 0 Å². The maximum atomic E-state index is 9.84. The molecule has 0 spiro atoms. The number of unbranched alkanes of at least 4 members (excludes halogenated alkanes) is 1. The predicted octanol–water partition coefficient (Wildman–Crippen LogP) is 3.38. The molecule has 0 fully saturated rings. The van der Waals surface area contributed by atoms with Gasteiger partial charge in [0, 0.05) is 0 Å². The van der Waals surface area contributed by atoms with Crippen LogP contribution in [-0.2, 0) is 0 Å². The minimum Gasteiger partial charge on any atom is -0.389 e. The van der Waals surface area contributed by atoms with Crippen LogP contribution in [0, 0.1) is 0 Å². The molecule has 0 radical (unpaired) electrons. The largest absolute Gasteiger partial charge is 0.389 e. The lowest BCUT2D eigenvalue weighted by molar-refractivity contribution is 0.209. The van der Waals surface area contributed by atoms with Gasteiger partial charge in [-0.1, -0.05) is 74.4 Å². The third kappa shape index (κ3) is 5.80. The molecule has 1 rings (SSSR count). The standard InChI is InChI=1S/C16H22O2/c1-2-3-11-15(17)12-7-8-13-16(18)14-9-5-4-6-10-14/h4-10,12-13,15-18H,2-3,11H2,1H3/b12-7+,13-8+. The summed E-state index contributed by atoms with van der Waals surface area (Å²) in [6, 6.07) is 9.49. The van der Waals surface area contributed by atoms with E-state index in [9.17, 15) is 10.2 Å². The molecule has 0 aromatic heterocycles. The summed E-state index contributed by atoms with van der Waals surface area (Å²) in [7, 11) is 0. The minimum absolute atomic E-state index is 0.386. The lowest BCUT2D eigenvalue weighted by atomic mass is 10.1. The summed E-state index contributed by atoms with van der Waals surface area (Å²) < 4.78 is 0. The molecule has 0 bridgehead atoms. The highest BCUT2D eigenvalue weighted by Crippen LogP contribution is 2.13. The van der Waals surface area contributed by atoms with Crippen molar-refractivity contribution in [2.45, 2.75) is 38.4 Å². The zero-order valence-electron chi connectivity index (χ0n) is 10.9. The van der Waals surface area contributed by atoms with Gasteiger partial charge in [-0.05, 0) is 12.0 Å². The number of aliphatic hydroxyl groups is 2. The van der Waals surface area contributed by atoms with E-state index >= 15 is 0 Å². The van der Waals surface area contributed by atoms with Crippen LogP contribution in [0.5, 0.6) is 0 Å². The minimum atomic E-state index is -0.594. The van der Waals surface area contributed by atoms with Crippen molar-refractivity contribution in [3.8, 4) is 0 Å². The van der Waals surface area contributed by atoms with Gasteiger partial charge >= 0.3 is 0 Å². The van der Waals surface area contributed by atoms with Crippen LogP contribution in [0.25, 0.3) is 0 Å². The summed E-state index contributed by atoms with van der Waals surface area (Å²) in [5.41, 5.74) is 0.869. The Balaban J connectivity index is 2.38. The van der Waals surface area contributed by atoms with Crippen molar-refractivity contribution in [3.05, 3.63) is 60.2 Å². The van der Waals surface area contributed by atoms with Crippen molar-refractivity contribution in [3.63, 3.8) is 0 Å². The fourth-order valence-electron chi connectivity index (χ4n) is 1.63. The molecule has 2 unspecified atom stereocenters. The second kappa shape index (κ2) is 8.67. The summed E-state index contributed by atoms with van der Waals surface area (Å²) in [4.78, 5) is 0. The van der Waals surface area contributed by atoms with E-state index < -0.39 is 6.10 Å². The van der Waals surface area contributed by atoms with Gasteiger partial charge in [0.1, 0.15) is 0 Å². The summed E-state index contributed by atoms with van der Waals surface area (Å²) in [5, 5.41) is 19.4. The molecule has 18 heavy (non-hydrogen) atoms. The Bertz CT molecular complexity index is 368. The topological polar surface area (TPSA) is 40.5 Å². The predicted molar refractivity (Wildman–Crippen MR) is 75.2 cm³/mol. The molecule has 0 heterocycles. The van der Waals surface area contributed by atoms with Crippen LogP contribution in [-0.4, -0.2) is 16.3 Å². The number of hydrogen-bond donors (Lipinski definition) is 2. The van der Waals surface area contributed by atoms with Gasteiger partial charge in [-0.15, -0.1) is 0 Å². The Kier molecular flexibility index (Phi) is 7.07. The first-order valence-corrected chi connectivity index (χ1v) is 6.50. The summed E-state index contributed by atoms with van der Waals surface area (Å²) >= 11 is 0. The first-order valence-electron chi connectivity index (χ1n) is 6.50. The van der Waals surface area contributed by atoms with Crippen molar-refractivity contribution < 1.29 is 10.2 Å². The van der Waals surface area contributed by atoms with Crippen molar-refractivity contribution in [2.24, 2.45) is 0 Å². The van der Waals surface area contributed by atoms with Crippen LogP contribution >= 0.6 is 0 Å². The Morgan fingerprint density at radius 3 is 2.39 bits per heavy atom. The van der Waals surface area contributed by atoms with Crippen molar-refractivity contribution in [2.75, 3.05) is 0 Å². The molecule has 0 saturated heterocycles. The first kappa shape index (κ1) is 14.7. The normalized spacial score (nSPS) is 15.3. The molecule has 2 heteroatoms. The second-order valence-electron chi connectivity index (χ2n) is 4.33. The van der Waals surface area contributed by atoms with Gasteiger partial charge in [-0.2, -0.15) is 0 Å². The second-order valence-corrected chi connectivity index (χ2v) is 4.33. The van der Waals surface area contributed by atoms with Gasteiger partial charge in [0.05, 0.1) is 12.2 Å². The third-order valence-corrected chi connectivity index (χ3v) is 2.73. The molecule has 1 aromatic rings. The molecule has 2 nitrogen and oxygen atoms in total. The fraction of sp³-hybridized carbons (Fsp3) is 0.375. The molecule has 0 saturated carbocycles. The lowest BCUT2D eigenvalue weighted by Crippen LogP contribution is -2.00. The van der Waals surface area contributed by atoms with Crippen molar-refractivity contribution >= 4 is 0 Å². The average Bonchev–Trinajstić information content (AvgIpc) is 2.42. The Morgan fingerprint density at radius 1 is 1.06 bits per heavy atom. The summed E-state index contributed by atoms with van der Waals surface area (Å²) in [6.07, 6.45) is 8.95. The molecular weight excluding hydrogens is 224 g/mol. The van der Waals surface area contributed by atoms with Gasteiger partial charge in [0.25, 0.3) is 0 Å². The van der Waals surface area contributed by atoms with Crippen LogP contribution < -0.4 is 0 Å². The van der Waals surface area contributed by atoms with E-state index in [4.69, 9.17) is 0 Å². The van der Waals surface area contributed by atoms with E-state index in [1.54, 1.807) is 24.3 Å². The molecule has 0 amide bonds. The first-order chi connectivity index (χ1) is 8.74. The quantitative estimate of drug-likeness (QED) is 0.724. The summed E-state index contributed by atoms with van der Waals surface area (Å²) in [6.45, 7) is 2.10. The Labute approximate surface area is 109 Å². The van der Waals surface area contributed by atoms with E-state index in [0.29, 0.717) is 0 Å². The molecule has 0 aliphatic heterocycles. The molecule has 1 aromatic carbocycles. The smallest absolute Gasteiger partial charge is 0.0974 e. The monoisotopic (exact) mass is 246 g/mol. The van der Waals surface area contributed by atoms with Gasteiger partial charge in [0.2, 0.25) is 0 Å². The molecule has 0 aliphatic rings. The van der Waals surface area contributed by atoms with Gasteiger partial charge < -0.3 is 10.2 Å². The van der Waals surface area contributed by atoms with E-state index in [2.05, 4.69) is 6.92 Å². The van der Waals surface area contributed by atoms with Gasteiger partial charge in [-0.25, -0.2) is 0 Å². The molecule has 2 N–H and O–H groups in total. The lowest BCUT2D eigenvalue weighted by Gasteiger charge is -2.04. The molecular formula is C16H22O2. The molecule has 98 valence electrons. The number of hydrogen-bond acceptors (Lipinski definition) is 2. The fourth-order valence-corrected chi connectivity index (χ4v) is 1.63. The number of allylic oxidation sites excluding steroid dienone is 2. The highest BCUT2D eigenvalue weighted by atomic mass is 16.3. The number of benzene rings is 1. The molecule has 0 aliphatic carbocycles. The van der Waals surface area contributed by atoms with Crippen LogP contribution in [0.3, 0.4) is 0 Å². The van der Waals surface area contributed by atoms with Crippen LogP contribution in [0.4, 0.5) is 0 Å². The van der Waals surface area contributed by atoms with Crippen LogP contribution in [0.15, 0.2) is 54.6 Å². The van der Waals surface area contributed by atoms with E-state index in [1.807, 2.05) is 30.3 Å². The SMILES string of the molecule is CCCCC(O)/C=C/C=C/C(O)c1ccccc1. The Morgan fingerprint density at radius 2 is 1.72 bits per heavy atom. The van der Waals surface area contributed by atoms with E-state index in [1.165, 1.54) is 0 Å². The number of aliphatic hydroxyl groups excluding tert-OH is 2.